The van der Waals surface area contributed by atoms with Crippen LogP contribution in [0.4, 0.5) is 5.82 Å². The summed E-state index contributed by atoms with van der Waals surface area (Å²) in [7, 11) is 1.63. The topological polar surface area (TPSA) is 71.5 Å². The van der Waals surface area contributed by atoms with E-state index in [2.05, 4.69) is 10.3 Å². The molecule has 2 heterocycles. The number of aromatic nitrogens is 1. The molecule has 0 unspecified atom stereocenters. The van der Waals surface area contributed by atoms with Gasteiger partial charge in [0.1, 0.15) is 5.82 Å². The van der Waals surface area contributed by atoms with Crippen molar-refractivity contribution < 1.29 is 14.3 Å². The molecular formula is C22H25N3O3. The molecule has 2 aliphatic rings. The minimum absolute atomic E-state index is 0.00330. The Morgan fingerprint density at radius 3 is 2.68 bits per heavy atom. The smallest absolute Gasteiger partial charge is 0.254 e. The van der Waals surface area contributed by atoms with Crippen molar-refractivity contribution in [3.8, 4) is 0 Å². The third kappa shape index (κ3) is 3.07. The Hall–Kier alpha value is -2.73. The molecule has 1 fully saturated rings. The van der Waals surface area contributed by atoms with Gasteiger partial charge in [-0.05, 0) is 36.6 Å². The summed E-state index contributed by atoms with van der Waals surface area (Å²) in [5, 5.41) is 2.98. The Bertz CT molecular complexity index is 862. The van der Waals surface area contributed by atoms with E-state index < -0.39 is 11.5 Å². The van der Waals surface area contributed by atoms with E-state index >= 15 is 0 Å². The lowest BCUT2D eigenvalue weighted by Gasteiger charge is -2.50. The zero-order valence-electron chi connectivity index (χ0n) is 16.1. The molecule has 146 valence electrons. The van der Waals surface area contributed by atoms with Gasteiger partial charge in [0.15, 0.2) is 0 Å². The van der Waals surface area contributed by atoms with Crippen LogP contribution in [0.5, 0.6) is 0 Å². The molecule has 1 spiro atoms. The number of rotatable bonds is 5. The van der Waals surface area contributed by atoms with E-state index in [0.29, 0.717) is 24.5 Å². The van der Waals surface area contributed by atoms with Crippen molar-refractivity contribution in [1.29, 1.82) is 0 Å². The number of ether oxygens (including phenoxy) is 1. The van der Waals surface area contributed by atoms with Gasteiger partial charge in [-0.25, -0.2) is 4.98 Å². The van der Waals surface area contributed by atoms with E-state index in [1.165, 1.54) is 0 Å². The van der Waals surface area contributed by atoms with Gasteiger partial charge in [0.25, 0.3) is 5.91 Å². The molecule has 1 aromatic heterocycles. The van der Waals surface area contributed by atoms with Crippen molar-refractivity contribution in [3.63, 3.8) is 0 Å². The summed E-state index contributed by atoms with van der Waals surface area (Å²) in [6.45, 7) is 0.932. The number of carbonyl (C=O) groups excluding carboxylic acids is 2. The van der Waals surface area contributed by atoms with E-state index in [-0.39, 0.29) is 11.8 Å². The molecule has 0 saturated heterocycles. The molecule has 2 amide bonds. The van der Waals surface area contributed by atoms with Gasteiger partial charge in [-0.15, -0.1) is 0 Å². The van der Waals surface area contributed by atoms with Crippen LogP contribution in [0, 0.1) is 0 Å². The Morgan fingerprint density at radius 1 is 1.21 bits per heavy atom. The van der Waals surface area contributed by atoms with Crippen LogP contribution in [0.25, 0.3) is 0 Å². The predicted molar refractivity (Wildman–Crippen MR) is 106 cm³/mol. The first-order chi connectivity index (χ1) is 13.7. The van der Waals surface area contributed by atoms with Gasteiger partial charge in [0.2, 0.25) is 5.91 Å². The van der Waals surface area contributed by atoms with E-state index in [9.17, 15) is 9.59 Å². The number of pyridine rings is 1. The van der Waals surface area contributed by atoms with Crippen LogP contribution >= 0.6 is 0 Å². The molecule has 1 aromatic carbocycles. The highest BCUT2D eigenvalue weighted by molar-refractivity contribution is 6.04. The van der Waals surface area contributed by atoms with Crippen molar-refractivity contribution in [2.75, 3.05) is 25.6 Å². The lowest BCUT2D eigenvalue weighted by atomic mass is 9.71. The molecule has 1 aliphatic carbocycles. The molecule has 1 atom stereocenters. The van der Waals surface area contributed by atoms with Crippen LogP contribution < -0.4 is 5.32 Å². The summed E-state index contributed by atoms with van der Waals surface area (Å²) in [4.78, 5) is 33.0. The van der Waals surface area contributed by atoms with Gasteiger partial charge in [-0.3, -0.25) is 9.59 Å². The molecule has 0 radical (unpaired) electrons. The number of carbonyl (C=O) groups is 2. The minimum Gasteiger partial charge on any atom is -0.383 e. The van der Waals surface area contributed by atoms with Gasteiger partial charge in [-0.2, -0.15) is 0 Å². The van der Waals surface area contributed by atoms with Crippen LogP contribution in [0.1, 0.15) is 47.5 Å². The fourth-order valence-corrected chi connectivity index (χ4v) is 4.81. The van der Waals surface area contributed by atoms with Gasteiger partial charge in [0, 0.05) is 25.4 Å². The van der Waals surface area contributed by atoms with E-state index in [0.717, 1.165) is 31.2 Å². The third-order valence-corrected chi connectivity index (χ3v) is 5.99. The maximum Gasteiger partial charge on any atom is 0.254 e. The molecule has 0 bridgehead atoms. The Labute approximate surface area is 164 Å². The number of amides is 2. The van der Waals surface area contributed by atoms with Gasteiger partial charge in [-0.1, -0.05) is 37.1 Å². The average Bonchev–Trinajstić information content (AvgIpc) is 3.18. The fraction of sp³-hybridized carbons (Fsp3) is 0.409. The van der Waals surface area contributed by atoms with Crippen molar-refractivity contribution in [1.82, 2.24) is 9.88 Å². The second kappa shape index (κ2) is 7.72. The number of hydrogen-bond donors (Lipinski definition) is 1. The summed E-state index contributed by atoms with van der Waals surface area (Å²) in [5.74, 6) is -0.0133. The Kier molecular flexibility index (Phi) is 5.13. The van der Waals surface area contributed by atoms with E-state index in [4.69, 9.17) is 4.74 Å². The number of anilines is 1. The van der Waals surface area contributed by atoms with Crippen LogP contribution in [-0.4, -0.2) is 47.5 Å². The zero-order chi connectivity index (χ0) is 19.6. The lowest BCUT2D eigenvalue weighted by molar-refractivity contribution is -0.121. The quantitative estimate of drug-likeness (QED) is 0.866. The van der Waals surface area contributed by atoms with E-state index in [1.54, 1.807) is 19.4 Å². The standard InChI is InChI=1S/C22H25N3O3/c1-28-15-14-25-21(27)17-9-3-2-8-16(17)19(22(25)11-5-6-12-22)20(26)24-18-10-4-7-13-23-18/h2-4,7-10,13,19H,5-6,11-12,14-15H2,1H3,(H,23,24,26)/t19-/m0/s1. The van der Waals surface area contributed by atoms with Crippen LogP contribution in [0.2, 0.25) is 0 Å². The summed E-state index contributed by atoms with van der Waals surface area (Å²) < 4.78 is 5.27. The monoisotopic (exact) mass is 379 g/mol. The SMILES string of the molecule is COCCN1C(=O)c2ccccc2[C@@H](C(=O)Nc2ccccn2)C12CCCC2. The highest BCUT2D eigenvalue weighted by atomic mass is 16.5. The van der Waals surface area contributed by atoms with Gasteiger partial charge < -0.3 is 15.0 Å². The van der Waals surface area contributed by atoms with Gasteiger partial charge >= 0.3 is 0 Å². The minimum atomic E-state index is -0.511. The molecule has 4 rings (SSSR count). The second-order valence-corrected chi connectivity index (χ2v) is 7.48. The van der Waals surface area contributed by atoms with Crippen molar-refractivity contribution in [3.05, 3.63) is 59.8 Å². The molecular weight excluding hydrogens is 354 g/mol. The molecule has 6 nitrogen and oxygen atoms in total. The molecule has 1 aliphatic heterocycles. The lowest BCUT2D eigenvalue weighted by Crippen LogP contribution is -2.60. The Balaban J connectivity index is 1.79. The number of hydrogen-bond acceptors (Lipinski definition) is 4. The molecule has 28 heavy (non-hydrogen) atoms. The summed E-state index contributed by atoms with van der Waals surface area (Å²) in [5.41, 5.74) is 0.914. The van der Waals surface area contributed by atoms with Crippen molar-refractivity contribution in [2.24, 2.45) is 0 Å². The largest absolute Gasteiger partial charge is 0.383 e. The molecule has 2 aromatic rings. The Morgan fingerprint density at radius 2 is 1.96 bits per heavy atom. The van der Waals surface area contributed by atoms with Crippen molar-refractivity contribution >= 4 is 17.6 Å². The number of nitrogens with zero attached hydrogens (tertiary/aromatic N) is 2. The predicted octanol–water partition coefficient (Wildman–Crippen LogP) is 3.22. The van der Waals surface area contributed by atoms with Crippen LogP contribution in [0.3, 0.4) is 0 Å². The van der Waals surface area contributed by atoms with E-state index in [1.807, 2.05) is 41.3 Å². The molecule has 1 saturated carbocycles. The summed E-state index contributed by atoms with van der Waals surface area (Å²) in [6, 6.07) is 12.9. The fourth-order valence-electron chi connectivity index (χ4n) is 4.81. The number of fused-ring (bicyclic) bond motifs is 1. The van der Waals surface area contributed by atoms with Gasteiger partial charge in [0.05, 0.1) is 18.1 Å². The number of nitrogens with one attached hydrogen (secondary N) is 1. The first kappa shape index (κ1) is 18.6. The van der Waals surface area contributed by atoms with Crippen molar-refractivity contribution in [2.45, 2.75) is 37.1 Å². The highest BCUT2D eigenvalue weighted by Gasteiger charge is 2.55. The third-order valence-electron chi connectivity index (χ3n) is 5.99. The summed E-state index contributed by atoms with van der Waals surface area (Å²) in [6.07, 6.45) is 5.30. The summed E-state index contributed by atoms with van der Waals surface area (Å²) >= 11 is 0. The average molecular weight is 379 g/mol. The zero-order valence-corrected chi connectivity index (χ0v) is 16.1. The highest BCUT2D eigenvalue weighted by Crippen LogP contribution is 2.50. The maximum atomic E-state index is 13.5. The van der Waals surface area contributed by atoms with Crippen LogP contribution in [0.15, 0.2) is 48.7 Å². The second-order valence-electron chi connectivity index (χ2n) is 7.48. The molecule has 1 N–H and O–H groups in total. The first-order valence-corrected chi connectivity index (χ1v) is 9.79. The molecule has 6 heteroatoms. The number of methoxy groups -OCH3 is 1. The first-order valence-electron chi connectivity index (χ1n) is 9.79. The number of benzene rings is 1. The normalized spacial score (nSPS) is 20.2. The maximum absolute atomic E-state index is 13.5. The van der Waals surface area contributed by atoms with Crippen LogP contribution in [-0.2, 0) is 9.53 Å².